The van der Waals surface area contributed by atoms with Gasteiger partial charge in [0.1, 0.15) is 5.75 Å². The van der Waals surface area contributed by atoms with E-state index in [0.717, 1.165) is 0 Å². The maximum Gasteiger partial charge on any atom is 0.243 e. The van der Waals surface area contributed by atoms with E-state index in [1.165, 1.54) is 4.31 Å². The van der Waals surface area contributed by atoms with Crippen molar-refractivity contribution < 1.29 is 22.5 Å². The highest BCUT2D eigenvalue weighted by Gasteiger charge is 2.34. The van der Waals surface area contributed by atoms with Gasteiger partial charge < -0.3 is 14.6 Å². The van der Waals surface area contributed by atoms with Gasteiger partial charge in [0.25, 0.3) is 0 Å². The highest BCUT2D eigenvalue weighted by Crippen LogP contribution is 2.29. The molecule has 1 fully saturated rings. The minimum Gasteiger partial charge on any atom is -0.497 e. The molecular weight excluding hydrogens is 444 g/mol. The Morgan fingerprint density at radius 1 is 1.18 bits per heavy atom. The number of aromatic nitrogens is 2. The minimum absolute atomic E-state index is 0.120. The van der Waals surface area contributed by atoms with Gasteiger partial charge in [-0.15, -0.1) is 0 Å². The van der Waals surface area contributed by atoms with Crippen LogP contribution in [0.5, 0.6) is 5.75 Å². The number of piperidine rings is 1. The van der Waals surface area contributed by atoms with E-state index in [1.54, 1.807) is 63.4 Å². The van der Waals surface area contributed by atoms with Crippen molar-refractivity contribution in [2.75, 3.05) is 25.5 Å². The van der Waals surface area contributed by atoms with E-state index in [1.807, 2.05) is 0 Å². The summed E-state index contributed by atoms with van der Waals surface area (Å²) < 4.78 is 38.6. The predicted molar refractivity (Wildman–Crippen MR) is 122 cm³/mol. The Morgan fingerprint density at radius 3 is 2.61 bits per heavy atom. The van der Waals surface area contributed by atoms with Crippen molar-refractivity contribution in [1.82, 2.24) is 14.4 Å². The third kappa shape index (κ3) is 4.91. The topological polar surface area (TPSA) is 115 Å². The molecule has 174 valence electrons. The smallest absolute Gasteiger partial charge is 0.243 e. The maximum atomic E-state index is 13.5. The molecule has 0 aliphatic carbocycles. The van der Waals surface area contributed by atoms with Crippen molar-refractivity contribution in [3.8, 4) is 17.1 Å². The second-order valence-corrected chi connectivity index (χ2v) is 9.94. The van der Waals surface area contributed by atoms with Gasteiger partial charge in [-0.2, -0.15) is 9.29 Å². The SMILES string of the molecule is COc1ccc(NC(=O)[C@@H]2CCCN(S(=O)(=O)c3cc(-c4noc(C)n4)ccc3C)C2)cc1. The number of anilines is 1. The van der Waals surface area contributed by atoms with E-state index in [0.29, 0.717) is 53.7 Å². The van der Waals surface area contributed by atoms with Gasteiger partial charge >= 0.3 is 0 Å². The molecule has 2 aromatic carbocycles. The Morgan fingerprint density at radius 2 is 1.94 bits per heavy atom. The fourth-order valence-electron chi connectivity index (χ4n) is 3.87. The normalized spacial score (nSPS) is 17.0. The number of aryl methyl sites for hydroxylation is 2. The molecule has 33 heavy (non-hydrogen) atoms. The Hall–Kier alpha value is -3.24. The zero-order valence-corrected chi connectivity index (χ0v) is 19.6. The number of sulfonamides is 1. The average Bonchev–Trinajstić information content (AvgIpc) is 3.26. The predicted octanol–water partition coefficient (Wildman–Crippen LogP) is 3.40. The largest absolute Gasteiger partial charge is 0.497 e. The standard InChI is InChI=1S/C23H26N4O5S/c1-15-6-7-17(22-24-16(2)32-26-22)13-21(15)33(29,30)27-12-4-5-18(14-27)23(28)25-19-8-10-20(31-3)11-9-19/h6-11,13,18H,4-5,12,14H2,1-3H3,(H,25,28)/t18-/m1/s1. The number of hydrogen-bond donors (Lipinski definition) is 1. The maximum absolute atomic E-state index is 13.5. The molecule has 0 spiro atoms. The lowest BCUT2D eigenvalue weighted by Crippen LogP contribution is -2.43. The number of nitrogens with zero attached hydrogens (tertiary/aromatic N) is 3. The number of ether oxygens (including phenoxy) is 1. The third-order valence-corrected chi connectivity index (χ3v) is 7.71. The summed E-state index contributed by atoms with van der Waals surface area (Å²) in [7, 11) is -2.24. The van der Waals surface area contributed by atoms with Crippen molar-refractivity contribution >= 4 is 21.6 Å². The Balaban J connectivity index is 1.52. The van der Waals surface area contributed by atoms with E-state index in [4.69, 9.17) is 9.26 Å². The van der Waals surface area contributed by atoms with E-state index in [9.17, 15) is 13.2 Å². The quantitative estimate of drug-likeness (QED) is 0.587. The van der Waals surface area contributed by atoms with Crippen LogP contribution in [0.4, 0.5) is 5.69 Å². The van der Waals surface area contributed by atoms with Crippen LogP contribution >= 0.6 is 0 Å². The van der Waals surface area contributed by atoms with Crippen molar-refractivity contribution in [3.05, 3.63) is 53.9 Å². The lowest BCUT2D eigenvalue weighted by molar-refractivity contribution is -0.120. The molecule has 0 bridgehead atoms. The molecule has 1 N–H and O–H groups in total. The van der Waals surface area contributed by atoms with Crippen LogP contribution in [0.1, 0.15) is 24.3 Å². The Labute approximate surface area is 192 Å². The molecule has 1 saturated heterocycles. The van der Waals surface area contributed by atoms with E-state index < -0.39 is 15.9 Å². The fraction of sp³-hybridized carbons (Fsp3) is 0.348. The van der Waals surface area contributed by atoms with E-state index in [2.05, 4.69) is 15.5 Å². The van der Waals surface area contributed by atoms with Crippen molar-refractivity contribution in [1.29, 1.82) is 0 Å². The van der Waals surface area contributed by atoms with Crippen LogP contribution in [-0.4, -0.2) is 49.0 Å². The van der Waals surface area contributed by atoms with Crippen LogP contribution < -0.4 is 10.1 Å². The second kappa shape index (κ2) is 9.32. The van der Waals surface area contributed by atoms with Crippen LogP contribution in [0.2, 0.25) is 0 Å². The number of hydrogen-bond acceptors (Lipinski definition) is 7. The van der Waals surface area contributed by atoms with E-state index >= 15 is 0 Å². The second-order valence-electron chi connectivity index (χ2n) is 8.04. The first kappa shape index (κ1) is 22.9. The zero-order valence-electron chi connectivity index (χ0n) is 18.7. The molecule has 0 saturated carbocycles. The molecule has 2 heterocycles. The van der Waals surface area contributed by atoms with Gasteiger partial charge in [-0.1, -0.05) is 17.3 Å². The fourth-order valence-corrected chi connectivity index (χ4v) is 5.64. The average molecular weight is 471 g/mol. The van der Waals surface area contributed by atoms with E-state index in [-0.39, 0.29) is 17.3 Å². The van der Waals surface area contributed by atoms with Gasteiger partial charge in [0.15, 0.2) is 0 Å². The Kier molecular flexibility index (Phi) is 6.48. The summed E-state index contributed by atoms with van der Waals surface area (Å²) in [6, 6.07) is 12.1. The monoisotopic (exact) mass is 470 g/mol. The molecule has 3 aromatic rings. The van der Waals surface area contributed by atoms with Crippen molar-refractivity contribution in [3.63, 3.8) is 0 Å². The van der Waals surface area contributed by atoms with Crippen LogP contribution in [0.25, 0.3) is 11.4 Å². The zero-order chi connectivity index (χ0) is 23.6. The summed E-state index contributed by atoms with van der Waals surface area (Å²) in [5, 5.41) is 6.76. The molecule has 1 aromatic heterocycles. The molecular formula is C23H26N4O5S. The van der Waals surface area contributed by atoms with Crippen molar-refractivity contribution in [2.45, 2.75) is 31.6 Å². The molecule has 1 aliphatic heterocycles. The lowest BCUT2D eigenvalue weighted by atomic mass is 9.99. The van der Waals surface area contributed by atoms with Crippen LogP contribution in [0.3, 0.4) is 0 Å². The lowest BCUT2D eigenvalue weighted by Gasteiger charge is -2.31. The third-order valence-electron chi connectivity index (χ3n) is 5.70. The van der Waals surface area contributed by atoms with Gasteiger partial charge in [0.05, 0.1) is 17.9 Å². The number of benzene rings is 2. The molecule has 1 aliphatic rings. The first-order valence-corrected chi connectivity index (χ1v) is 12.1. The van der Waals surface area contributed by atoms with Crippen LogP contribution in [0, 0.1) is 19.8 Å². The molecule has 10 heteroatoms. The van der Waals surface area contributed by atoms with Crippen molar-refractivity contribution in [2.24, 2.45) is 5.92 Å². The molecule has 1 amide bonds. The van der Waals surface area contributed by atoms with Crippen LogP contribution in [-0.2, 0) is 14.8 Å². The minimum atomic E-state index is -3.81. The highest BCUT2D eigenvalue weighted by molar-refractivity contribution is 7.89. The summed E-state index contributed by atoms with van der Waals surface area (Å²) in [6.07, 6.45) is 1.22. The number of nitrogens with one attached hydrogen (secondary N) is 1. The Bertz CT molecular complexity index is 1250. The summed E-state index contributed by atoms with van der Waals surface area (Å²) in [4.78, 5) is 17.2. The summed E-state index contributed by atoms with van der Waals surface area (Å²) in [5.74, 6) is 0.777. The number of rotatable bonds is 6. The first-order chi connectivity index (χ1) is 15.8. The van der Waals surface area contributed by atoms with Gasteiger partial charge in [0.2, 0.25) is 27.6 Å². The summed E-state index contributed by atoms with van der Waals surface area (Å²) >= 11 is 0. The highest BCUT2D eigenvalue weighted by atomic mass is 32.2. The number of methoxy groups -OCH3 is 1. The molecule has 1 atom stereocenters. The van der Waals surface area contributed by atoms with Gasteiger partial charge in [0, 0.05) is 31.3 Å². The summed E-state index contributed by atoms with van der Waals surface area (Å²) in [5.41, 5.74) is 1.81. The molecule has 4 rings (SSSR count). The molecule has 0 unspecified atom stereocenters. The number of amides is 1. The van der Waals surface area contributed by atoms with Gasteiger partial charge in [-0.3, -0.25) is 4.79 Å². The van der Waals surface area contributed by atoms with Gasteiger partial charge in [-0.25, -0.2) is 8.42 Å². The number of carbonyl (C=O) groups excluding carboxylic acids is 1. The molecule has 9 nitrogen and oxygen atoms in total. The van der Waals surface area contributed by atoms with Crippen LogP contribution in [0.15, 0.2) is 51.9 Å². The summed E-state index contributed by atoms with van der Waals surface area (Å²) in [6.45, 7) is 3.90. The first-order valence-electron chi connectivity index (χ1n) is 10.6. The molecule has 0 radical (unpaired) electrons. The number of carbonyl (C=O) groups is 1. The van der Waals surface area contributed by atoms with Gasteiger partial charge in [-0.05, 0) is 55.7 Å².